The van der Waals surface area contributed by atoms with Gasteiger partial charge in [-0.3, -0.25) is 9.59 Å². The minimum Gasteiger partial charge on any atom is -0.480 e. The minimum absolute atomic E-state index is 0.00527. The topological polar surface area (TPSA) is 95.9 Å². The van der Waals surface area contributed by atoms with Crippen molar-refractivity contribution < 1.29 is 24.2 Å². The Bertz CT molecular complexity index is 990. The van der Waals surface area contributed by atoms with Crippen molar-refractivity contribution in [2.45, 2.75) is 44.6 Å². The summed E-state index contributed by atoms with van der Waals surface area (Å²) in [5, 5.41) is 11.9. The average molecular weight is 465 g/mol. The number of aliphatic carboxylic acids is 1. The van der Waals surface area contributed by atoms with Crippen molar-refractivity contribution in [1.82, 2.24) is 10.2 Å². The fourth-order valence-electron chi connectivity index (χ4n) is 4.40. The molecule has 0 aromatic heterocycles. The molecule has 0 saturated carbocycles. The number of hydrogen-bond donors (Lipinski definition) is 2. The Hall–Kier alpha value is -3.61. The van der Waals surface area contributed by atoms with Crippen molar-refractivity contribution in [2.24, 2.45) is 0 Å². The monoisotopic (exact) mass is 464 g/mol. The number of nitrogens with zero attached hydrogens (tertiary/aromatic N) is 1. The number of carboxylic acids is 1. The zero-order valence-corrected chi connectivity index (χ0v) is 19.5. The smallest absolute Gasteiger partial charge is 0.407 e. The predicted octanol–water partition coefficient (Wildman–Crippen LogP) is 4.57. The molecule has 0 aliphatic heterocycles. The number of carbonyl (C=O) groups is 3. The Morgan fingerprint density at radius 3 is 2.29 bits per heavy atom. The molecule has 0 fully saturated rings. The molecule has 1 aliphatic rings. The maximum absolute atomic E-state index is 12.7. The molecule has 2 amide bonds. The quantitative estimate of drug-likeness (QED) is 0.449. The van der Waals surface area contributed by atoms with Crippen molar-refractivity contribution in [3.63, 3.8) is 0 Å². The van der Waals surface area contributed by atoms with Crippen LogP contribution in [0.15, 0.2) is 61.2 Å². The number of carboxylic acid groups (broad SMARTS) is 1. The van der Waals surface area contributed by atoms with Gasteiger partial charge in [-0.15, -0.1) is 6.58 Å². The third-order valence-electron chi connectivity index (χ3n) is 6.02. The van der Waals surface area contributed by atoms with E-state index in [0.717, 1.165) is 35.1 Å². The zero-order valence-electron chi connectivity index (χ0n) is 19.5. The van der Waals surface area contributed by atoms with Crippen molar-refractivity contribution in [2.75, 3.05) is 19.7 Å². The highest BCUT2D eigenvalue weighted by atomic mass is 16.5. The van der Waals surface area contributed by atoms with Gasteiger partial charge in [-0.2, -0.15) is 0 Å². The Labute approximate surface area is 200 Å². The summed E-state index contributed by atoms with van der Waals surface area (Å²) in [7, 11) is 0. The second-order valence-electron chi connectivity index (χ2n) is 8.47. The second kappa shape index (κ2) is 12.0. The summed E-state index contributed by atoms with van der Waals surface area (Å²) in [4.78, 5) is 37.7. The van der Waals surface area contributed by atoms with E-state index in [0.29, 0.717) is 6.42 Å². The number of nitrogens with one attached hydrogen (secondary N) is 1. The van der Waals surface area contributed by atoms with E-state index in [4.69, 9.17) is 9.84 Å². The van der Waals surface area contributed by atoms with Crippen LogP contribution in [0.5, 0.6) is 0 Å². The zero-order chi connectivity index (χ0) is 24.5. The fraction of sp³-hybridized carbons (Fsp3) is 0.370. The van der Waals surface area contributed by atoms with Crippen LogP contribution in [0.4, 0.5) is 4.79 Å². The summed E-state index contributed by atoms with van der Waals surface area (Å²) < 4.78 is 5.62. The van der Waals surface area contributed by atoms with E-state index in [1.807, 2.05) is 31.2 Å². The van der Waals surface area contributed by atoms with Crippen LogP contribution in [0.1, 0.15) is 49.7 Å². The van der Waals surface area contributed by atoms with Gasteiger partial charge in [0.2, 0.25) is 5.91 Å². The van der Waals surface area contributed by atoms with Crippen LogP contribution >= 0.6 is 0 Å². The summed E-state index contributed by atoms with van der Waals surface area (Å²) in [6, 6.07) is 15.8. The lowest BCUT2D eigenvalue weighted by molar-refractivity contribution is -0.144. The number of benzene rings is 2. The molecule has 34 heavy (non-hydrogen) atoms. The molecule has 1 aliphatic carbocycles. The molecule has 2 aromatic rings. The normalized spacial score (nSPS) is 12.9. The third kappa shape index (κ3) is 6.25. The number of fused-ring (bicyclic) bond motifs is 3. The highest BCUT2D eigenvalue weighted by molar-refractivity contribution is 5.82. The number of carbonyl (C=O) groups excluding carboxylic acids is 2. The minimum atomic E-state index is -1.09. The number of amides is 2. The first kappa shape index (κ1) is 25.0. The Kier molecular flexibility index (Phi) is 8.85. The lowest BCUT2D eigenvalue weighted by Gasteiger charge is -2.24. The SMILES string of the molecule is C=CCN(CC(=O)O)C(=O)CC(CCCC)NC(=O)OCC1c2ccccc2-c2ccccc21. The second-order valence-corrected chi connectivity index (χ2v) is 8.47. The van der Waals surface area contributed by atoms with Crippen molar-refractivity contribution in [3.8, 4) is 11.1 Å². The maximum Gasteiger partial charge on any atom is 0.407 e. The number of ether oxygens (including phenoxy) is 1. The fourth-order valence-corrected chi connectivity index (χ4v) is 4.40. The first-order chi connectivity index (χ1) is 16.4. The Balaban J connectivity index is 1.63. The number of hydrogen-bond acceptors (Lipinski definition) is 4. The van der Waals surface area contributed by atoms with E-state index >= 15 is 0 Å². The molecule has 0 heterocycles. The van der Waals surface area contributed by atoms with Gasteiger partial charge in [0.25, 0.3) is 0 Å². The molecular formula is C27H32N2O5. The Morgan fingerprint density at radius 2 is 1.74 bits per heavy atom. The van der Waals surface area contributed by atoms with Gasteiger partial charge in [-0.1, -0.05) is 74.4 Å². The number of unbranched alkanes of at least 4 members (excludes halogenated alkanes) is 1. The van der Waals surface area contributed by atoms with Gasteiger partial charge >= 0.3 is 12.1 Å². The summed E-state index contributed by atoms with van der Waals surface area (Å²) >= 11 is 0. The molecule has 0 spiro atoms. The standard InChI is InChI=1S/C27H32N2O5/c1-3-5-10-19(16-25(30)29(15-4-2)17-26(31)32)28-27(33)34-18-24-22-13-8-6-11-20(22)21-12-7-9-14-23(21)24/h4,6-9,11-14,19,24H,2-3,5,10,15-18H2,1H3,(H,28,33)(H,31,32). The maximum atomic E-state index is 12.7. The van der Waals surface area contributed by atoms with Crippen molar-refractivity contribution in [1.29, 1.82) is 0 Å². The summed E-state index contributed by atoms with van der Waals surface area (Å²) in [5.74, 6) is -1.49. The first-order valence-corrected chi connectivity index (χ1v) is 11.7. The summed E-state index contributed by atoms with van der Waals surface area (Å²) in [6.45, 7) is 5.53. The van der Waals surface area contributed by atoms with Gasteiger partial charge in [-0.05, 0) is 28.7 Å². The van der Waals surface area contributed by atoms with Crippen LogP contribution in [-0.2, 0) is 14.3 Å². The van der Waals surface area contributed by atoms with E-state index in [9.17, 15) is 14.4 Å². The molecule has 7 nitrogen and oxygen atoms in total. The number of alkyl carbamates (subject to hydrolysis) is 1. The van der Waals surface area contributed by atoms with E-state index in [2.05, 4.69) is 36.2 Å². The van der Waals surface area contributed by atoms with Crippen LogP contribution in [-0.4, -0.2) is 53.7 Å². The van der Waals surface area contributed by atoms with Gasteiger partial charge in [-0.25, -0.2) is 4.79 Å². The molecule has 7 heteroatoms. The molecule has 1 atom stereocenters. The van der Waals surface area contributed by atoms with Gasteiger partial charge in [0.15, 0.2) is 0 Å². The van der Waals surface area contributed by atoms with Gasteiger partial charge in [0.1, 0.15) is 13.2 Å². The van der Waals surface area contributed by atoms with Gasteiger partial charge in [0.05, 0.1) is 0 Å². The largest absolute Gasteiger partial charge is 0.480 e. The van der Waals surface area contributed by atoms with E-state index in [-0.39, 0.29) is 31.4 Å². The molecule has 1 unspecified atom stereocenters. The van der Waals surface area contributed by atoms with E-state index < -0.39 is 24.6 Å². The van der Waals surface area contributed by atoms with E-state index in [1.165, 1.54) is 11.0 Å². The van der Waals surface area contributed by atoms with Gasteiger partial charge < -0.3 is 20.1 Å². The van der Waals surface area contributed by atoms with Gasteiger partial charge in [0, 0.05) is 24.9 Å². The van der Waals surface area contributed by atoms with Crippen LogP contribution in [0.3, 0.4) is 0 Å². The first-order valence-electron chi connectivity index (χ1n) is 11.7. The number of rotatable bonds is 12. The highest BCUT2D eigenvalue weighted by Crippen LogP contribution is 2.44. The summed E-state index contributed by atoms with van der Waals surface area (Å²) in [6.07, 6.45) is 3.24. The molecule has 0 radical (unpaired) electrons. The predicted molar refractivity (Wildman–Crippen MR) is 131 cm³/mol. The van der Waals surface area contributed by atoms with Crippen LogP contribution in [0.2, 0.25) is 0 Å². The molecule has 3 rings (SSSR count). The average Bonchev–Trinajstić information content (AvgIpc) is 3.14. The molecule has 2 N–H and O–H groups in total. The van der Waals surface area contributed by atoms with Crippen LogP contribution in [0.25, 0.3) is 11.1 Å². The van der Waals surface area contributed by atoms with Crippen molar-refractivity contribution >= 4 is 18.0 Å². The van der Waals surface area contributed by atoms with Crippen molar-refractivity contribution in [3.05, 3.63) is 72.3 Å². The molecule has 0 bridgehead atoms. The van der Waals surface area contributed by atoms with Crippen LogP contribution in [0, 0.1) is 0 Å². The lowest BCUT2D eigenvalue weighted by Crippen LogP contribution is -2.42. The molecule has 180 valence electrons. The highest BCUT2D eigenvalue weighted by Gasteiger charge is 2.29. The Morgan fingerprint density at radius 1 is 1.12 bits per heavy atom. The lowest BCUT2D eigenvalue weighted by atomic mass is 9.98. The molecule has 0 saturated heterocycles. The molecular weight excluding hydrogens is 432 g/mol. The third-order valence-corrected chi connectivity index (χ3v) is 6.02. The summed E-state index contributed by atoms with van der Waals surface area (Å²) in [5.41, 5.74) is 4.56. The van der Waals surface area contributed by atoms with E-state index in [1.54, 1.807) is 0 Å². The van der Waals surface area contributed by atoms with Crippen LogP contribution < -0.4 is 5.32 Å². The molecule has 2 aromatic carbocycles.